The van der Waals surface area contributed by atoms with Crippen molar-refractivity contribution in [1.29, 1.82) is 0 Å². The summed E-state index contributed by atoms with van der Waals surface area (Å²) >= 11 is 5.39. The molecule has 0 unspecified atom stereocenters. The summed E-state index contributed by atoms with van der Waals surface area (Å²) in [7, 11) is 1.61. The molecular weight excluding hydrogens is 272 g/mol. The van der Waals surface area contributed by atoms with E-state index in [1.54, 1.807) is 19.5 Å². The van der Waals surface area contributed by atoms with E-state index in [-0.39, 0.29) is 0 Å². The summed E-state index contributed by atoms with van der Waals surface area (Å²) in [6, 6.07) is 5.81. The van der Waals surface area contributed by atoms with Gasteiger partial charge < -0.3 is 9.72 Å². The molecule has 3 rings (SSSR count). The Balaban J connectivity index is 2.08. The highest BCUT2D eigenvalue weighted by molar-refractivity contribution is 7.71. The van der Waals surface area contributed by atoms with Crippen LogP contribution in [0.25, 0.3) is 11.2 Å². The maximum Gasteiger partial charge on any atom is 0.213 e. The van der Waals surface area contributed by atoms with Crippen LogP contribution < -0.4 is 4.74 Å². The van der Waals surface area contributed by atoms with Crippen molar-refractivity contribution in [2.75, 3.05) is 7.11 Å². The first-order chi connectivity index (χ1) is 9.69. The molecule has 0 aliphatic rings. The van der Waals surface area contributed by atoms with Crippen LogP contribution in [0.5, 0.6) is 5.88 Å². The molecule has 0 radical (unpaired) electrons. The Morgan fingerprint density at radius 3 is 2.90 bits per heavy atom. The van der Waals surface area contributed by atoms with Crippen molar-refractivity contribution in [2.24, 2.45) is 0 Å². The summed E-state index contributed by atoms with van der Waals surface area (Å²) in [5, 5.41) is 0. The van der Waals surface area contributed by atoms with E-state index in [0.717, 1.165) is 22.3 Å². The number of aromatic amines is 1. The average molecular weight is 286 g/mol. The lowest BCUT2D eigenvalue weighted by Crippen LogP contribution is -2.01. The van der Waals surface area contributed by atoms with Crippen LogP contribution in [0, 0.1) is 11.7 Å². The molecule has 6 heteroatoms. The van der Waals surface area contributed by atoms with E-state index >= 15 is 0 Å². The Bertz CT molecular complexity index is 821. The summed E-state index contributed by atoms with van der Waals surface area (Å²) in [6.45, 7) is 2.67. The predicted octanol–water partition coefficient (Wildman–Crippen LogP) is 2.85. The number of imidazole rings is 1. The van der Waals surface area contributed by atoms with Crippen LogP contribution >= 0.6 is 12.2 Å². The molecule has 1 N–H and O–H groups in total. The second kappa shape index (κ2) is 5.05. The fourth-order valence-corrected chi connectivity index (χ4v) is 2.42. The molecule has 102 valence electrons. The number of pyridine rings is 2. The standard InChI is InChI=1S/C14H14N4OS/c1-9-3-5-16-13-12(9)17-14(20)18(13)8-10-4-6-15-11(7-10)19-2/h3-7H,8H2,1-2H3,(H,17,20). The van der Waals surface area contributed by atoms with E-state index in [9.17, 15) is 0 Å². The third kappa shape index (κ3) is 2.18. The first kappa shape index (κ1) is 12.8. The van der Waals surface area contributed by atoms with Gasteiger partial charge in [0.25, 0.3) is 0 Å². The molecule has 5 nitrogen and oxygen atoms in total. The van der Waals surface area contributed by atoms with Crippen molar-refractivity contribution in [3.05, 3.63) is 46.5 Å². The van der Waals surface area contributed by atoms with Crippen LogP contribution in [0.4, 0.5) is 0 Å². The van der Waals surface area contributed by atoms with Gasteiger partial charge >= 0.3 is 0 Å². The smallest absolute Gasteiger partial charge is 0.213 e. The monoisotopic (exact) mass is 286 g/mol. The maximum atomic E-state index is 5.39. The Kier molecular flexibility index (Phi) is 3.23. The topological polar surface area (TPSA) is 55.7 Å². The van der Waals surface area contributed by atoms with Gasteiger partial charge in [-0.3, -0.25) is 4.57 Å². The highest BCUT2D eigenvalue weighted by Crippen LogP contribution is 2.18. The second-order valence-electron chi connectivity index (χ2n) is 4.55. The summed E-state index contributed by atoms with van der Waals surface area (Å²) in [5.41, 5.74) is 4.05. The molecule has 3 aromatic heterocycles. The van der Waals surface area contributed by atoms with E-state index in [0.29, 0.717) is 17.2 Å². The van der Waals surface area contributed by atoms with Gasteiger partial charge in [0.15, 0.2) is 10.4 Å². The normalized spacial score (nSPS) is 10.9. The molecule has 0 aromatic carbocycles. The van der Waals surface area contributed by atoms with E-state index in [2.05, 4.69) is 15.0 Å². The minimum atomic E-state index is 0.595. The van der Waals surface area contributed by atoms with Gasteiger partial charge in [-0.05, 0) is 42.4 Å². The number of nitrogens with one attached hydrogen (secondary N) is 1. The van der Waals surface area contributed by atoms with Crippen molar-refractivity contribution in [2.45, 2.75) is 13.5 Å². The Hall–Kier alpha value is -2.21. The summed E-state index contributed by atoms with van der Waals surface area (Å²) in [4.78, 5) is 11.7. The minimum Gasteiger partial charge on any atom is -0.481 e. The molecule has 0 fully saturated rings. The van der Waals surface area contributed by atoms with Gasteiger partial charge in [0.05, 0.1) is 19.2 Å². The summed E-state index contributed by atoms with van der Waals surface area (Å²) < 4.78 is 7.78. The zero-order valence-electron chi connectivity index (χ0n) is 11.3. The third-order valence-electron chi connectivity index (χ3n) is 3.22. The molecule has 20 heavy (non-hydrogen) atoms. The lowest BCUT2D eigenvalue weighted by molar-refractivity contribution is 0.397. The number of aryl methyl sites for hydroxylation is 1. The molecule has 0 atom stereocenters. The van der Waals surface area contributed by atoms with Crippen LogP contribution in [0.15, 0.2) is 30.6 Å². The van der Waals surface area contributed by atoms with Gasteiger partial charge in [-0.15, -0.1) is 0 Å². The SMILES string of the molecule is COc1cc(Cn2c(=S)[nH]c3c(C)ccnc32)ccn1. The molecule has 0 spiro atoms. The molecule has 0 amide bonds. The lowest BCUT2D eigenvalue weighted by atomic mass is 10.2. The van der Waals surface area contributed by atoms with Gasteiger partial charge in [-0.2, -0.15) is 0 Å². The highest BCUT2D eigenvalue weighted by Gasteiger charge is 2.08. The first-order valence-electron chi connectivity index (χ1n) is 6.22. The van der Waals surface area contributed by atoms with Crippen molar-refractivity contribution in [3.63, 3.8) is 0 Å². The molecule has 0 bridgehead atoms. The number of hydrogen-bond donors (Lipinski definition) is 1. The first-order valence-corrected chi connectivity index (χ1v) is 6.63. The number of H-pyrrole nitrogens is 1. The quantitative estimate of drug-likeness (QED) is 0.752. The molecular formula is C14H14N4OS. The van der Waals surface area contributed by atoms with Gasteiger partial charge in [-0.25, -0.2) is 9.97 Å². The van der Waals surface area contributed by atoms with Crippen LogP contribution in [0.3, 0.4) is 0 Å². The van der Waals surface area contributed by atoms with E-state index < -0.39 is 0 Å². The van der Waals surface area contributed by atoms with E-state index in [1.807, 2.05) is 29.7 Å². The van der Waals surface area contributed by atoms with Crippen LogP contribution in [0.2, 0.25) is 0 Å². The van der Waals surface area contributed by atoms with Crippen LogP contribution in [0.1, 0.15) is 11.1 Å². The minimum absolute atomic E-state index is 0.595. The van der Waals surface area contributed by atoms with E-state index in [4.69, 9.17) is 17.0 Å². The molecule has 3 heterocycles. The summed E-state index contributed by atoms with van der Waals surface area (Å²) in [5.74, 6) is 0.595. The predicted molar refractivity (Wildman–Crippen MR) is 79.5 cm³/mol. The molecule has 0 saturated heterocycles. The van der Waals surface area contributed by atoms with Crippen molar-refractivity contribution in [3.8, 4) is 5.88 Å². The number of rotatable bonds is 3. The van der Waals surface area contributed by atoms with Crippen LogP contribution in [-0.2, 0) is 6.54 Å². The fraction of sp³-hybridized carbons (Fsp3) is 0.214. The number of ether oxygens (including phenoxy) is 1. The van der Waals surface area contributed by atoms with Crippen molar-refractivity contribution < 1.29 is 4.74 Å². The fourth-order valence-electron chi connectivity index (χ4n) is 2.16. The largest absolute Gasteiger partial charge is 0.481 e. The number of nitrogens with zero attached hydrogens (tertiary/aromatic N) is 3. The van der Waals surface area contributed by atoms with Crippen molar-refractivity contribution >= 4 is 23.4 Å². The van der Waals surface area contributed by atoms with Gasteiger partial charge in [-0.1, -0.05) is 0 Å². The van der Waals surface area contributed by atoms with Crippen LogP contribution in [-0.4, -0.2) is 26.6 Å². The number of fused-ring (bicyclic) bond motifs is 1. The zero-order chi connectivity index (χ0) is 14.1. The number of aromatic nitrogens is 4. The van der Waals surface area contributed by atoms with Gasteiger partial charge in [0.2, 0.25) is 5.88 Å². The lowest BCUT2D eigenvalue weighted by Gasteiger charge is -2.06. The Morgan fingerprint density at radius 2 is 2.10 bits per heavy atom. The average Bonchev–Trinajstić information content (AvgIpc) is 2.78. The second-order valence-corrected chi connectivity index (χ2v) is 4.94. The number of hydrogen-bond acceptors (Lipinski definition) is 4. The molecule has 3 aromatic rings. The van der Waals surface area contributed by atoms with Crippen molar-refractivity contribution in [1.82, 2.24) is 19.5 Å². The zero-order valence-corrected chi connectivity index (χ0v) is 12.1. The van der Waals surface area contributed by atoms with Gasteiger partial charge in [0, 0.05) is 18.5 Å². The Labute approximate surface area is 121 Å². The molecule has 0 saturated carbocycles. The maximum absolute atomic E-state index is 5.39. The third-order valence-corrected chi connectivity index (χ3v) is 3.54. The number of methoxy groups -OCH3 is 1. The Morgan fingerprint density at radius 1 is 1.30 bits per heavy atom. The highest BCUT2D eigenvalue weighted by atomic mass is 32.1. The molecule has 0 aliphatic carbocycles. The van der Waals surface area contributed by atoms with Gasteiger partial charge in [0.1, 0.15) is 0 Å². The van der Waals surface area contributed by atoms with E-state index in [1.165, 1.54) is 0 Å². The summed E-state index contributed by atoms with van der Waals surface area (Å²) in [6.07, 6.45) is 3.52. The molecule has 0 aliphatic heterocycles.